The van der Waals surface area contributed by atoms with Gasteiger partial charge in [0.15, 0.2) is 0 Å². The quantitative estimate of drug-likeness (QED) is 0.794. The van der Waals surface area contributed by atoms with Gasteiger partial charge in [-0.05, 0) is 37.2 Å². The molecule has 0 aromatic heterocycles. The van der Waals surface area contributed by atoms with Crippen LogP contribution in [0.15, 0.2) is 42.5 Å². The van der Waals surface area contributed by atoms with E-state index >= 15 is 0 Å². The fourth-order valence-electron chi connectivity index (χ4n) is 2.38. The van der Waals surface area contributed by atoms with Crippen LogP contribution in [-0.2, 0) is 11.2 Å². The predicted octanol–water partition coefficient (Wildman–Crippen LogP) is 2.03. The Balaban J connectivity index is 1.74. The zero-order valence-electron chi connectivity index (χ0n) is 11.2. The SMILES string of the molecule is NC(Cc1ccccc1)C(=O)NCC1CC=CCC1. The summed E-state index contributed by atoms with van der Waals surface area (Å²) < 4.78 is 0. The molecule has 2 unspecified atom stereocenters. The molecular formula is C16H22N2O. The Hall–Kier alpha value is -1.61. The minimum Gasteiger partial charge on any atom is -0.354 e. The van der Waals surface area contributed by atoms with Crippen molar-refractivity contribution >= 4 is 5.91 Å². The highest BCUT2D eigenvalue weighted by Crippen LogP contribution is 2.16. The minimum atomic E-state index is -0.457. The van der Waals surface area contributed by atoms with Gasteiger partial charge in [0.1, 0.15) is 0 Å². The lowest BCUT2D eigenvalue weighted by Crippen LogP contribution is -2.43. The summed E-state index contributed by atoms with van der Waals surface area (Å²) in [6, 6.07) is 9.44. The average Bonchev–Trinajstić information content (AvgIpc) is 2.47. The summed E-state index contributed by atoms with van der Waals surface area (Å²) in [5.74, 6) is 0.524. The Kier molecular flexibility index (Phi) is 5.16. The summed E-state index contributed by atoms with van der Waals surface area (Å²) in [4.78, 5) is 11.9. The summed E-state index contributed by atoms with van der Waals surface area (Å²) in [7, 11) is 0. The lowest BCUT2D eigenvalue weighted by Gasteiger charge is -2.19. The van der Waals surface area contributed by atoms with Gasteiger partial charge in [-0.15, -0.1) is 0 Å². The zero-order chi connectivity index (χ0) is 13.5. The van der Waals surface area contributed by atoms with Crippen molar-refractivity contribution in [2.24, 2.45) is 11.7 Å². The van der Waals surface area contributed by atoms with E-state index in [-0.39, 0.29) is 5.91 Å². The molecule has 0 radical (unpaired) electrons. The molecule has 0 saturated carbocycles. The van der Waals surface area contributed by atoms with E-state index in [1.165, 1.54) is 0 Å². The lowest BCUT2D eigenvalue weighted by atomic mass is 9.94. The van der Waals surface area contributed by atoms with E-state index in [0.29, 0.717) is 12.3 Å². The number of amides is 1. The molecule has 3 heteroatoms. The molecule has 19 heavy (non-hydrogen) atoms. The first-order chi connectivity index (χ1) is 9.25. The Morgan fingerprint density at radius 1 is 1.32 bits per heavy atom. The van der Waals surface area contributed by atoms with Crippen molar-refractivity contribution < 1.29 is 4.79 Å². The van der Waals surface area contributed by atoms with Crippen LogP contribution in [0.3, 0.4) is 0 Å². The van der Waals surface area contributed by atoms with Crippen LogP contribution in [0, 0.1) is 5.92 Å². The largest absolute Gasteiger partial charge is 0.354 e. The van der Waals surface area contributed by atoms with Crippen LogP contribution in [0.5, 0.6) is 0 Å². The minimum absolute atomic E-state index is 0.0431. The first-order valence-corrected chi connectivity index (χ1v) is 6.98. The molecule has 1 aliphatic rings. The molecule has 1 aliphatic carbocycles. The molecule has 2 rings (SSSR count). The third-order valence-electron chi connectivity index (χ3n) is 3.58. The molecule has 0 spiro atoms. The van der Waals surface area contributed by atoms with E-state index in [1.54, 1.807) is 0 Å². The number of allylic oxidation sites excluding steroid dienone is 2. The Bertz CT molecular complexity index is 428. The van der Waals surface area contributed by atoms with Gasteiger partial charge in [-0.3, -0.25) is 4.79 Å². The van der Waals surface area contributed by atoms with Gasteiger partial charge < -0.3 is 11.1 Å². The normalized spacial score (nSPS) is 19.9. The van der Waals surface area contributed by atoms with Gasteiger partial charge in [0.2, 0.25) is 5.91 Å². The van der Waals surface area contributed by atoms with Crippen LogP contribution in [0.4, 0.5) is 0 Å². The molecule has 3 N–H and O–H groups in total. The molecule has 0 heterocycles. The molecule has 0 fully saturated rings. The first kappa shape index (κ1) is 13.8. The van der Waals surface area contributed by atoms with Crippen LogP contribution in [0.2, 0.25) is 0 Å². The molecule has 0 saturated heterocycles. The van der Waals surface area contributed by atoms with Crippen molar-refractivity contribution in [1.29, 1.82) is 0 Å². The van der Waals surface area contributed by atoms with Gasteiger partial charge in [0, 0.05) is 6.54 Å². The standard InChI is InChI=1S/C16H22N2O/c17-15(11-13-7-3-1-4-8-13)16(19)18-12-14-9-5-2-6-10-14/h1-5,7-8,14-15H,6,9-12,17H2,(H,18,19). The number of carbonyl (C=O) groups is 1. The number of nitrogens with one attached hydrogen (secondary N) is 1. The molecule has 1 amide bonds. The third-order valence-corrected chi connectivity index (χ3v) is 3.58. The van der Waals surface area contributed by atoms with Crippen molar-refractivity contribution in [3.8, 4) is 0 Å². The van der Waals surface area contributed by atoms with Gasteiger partial charge in [0.05, 0.1) is 6.04 Å². The molecular weight excluding hydrogens is 236 g/mol. The summed E-state index contributed by atoms with van der Waals surface area (Å²) in [6.07, 6.45) is 8.34. The van der Waals surface area contributed by atoms with Gasteiger partial charge >= 0.3 is 0 Å². The third kappa shape index (κ3) is 4.52. The maximum Gasteiger partial charge on any atom is 0.237 e. The maximum absolute atomic E-state index is 11.9. The van der Waals surface area contributed by atoms with Crippen molar-refractivity contribution in [3.05, 3.63) is 48.0 Å². The number of carbonyl (C=O) groups excluding carboxylic acids is 1. The van der Waals surface area contributed by atoms with Crippen LogP contribution in [0.25, 0.3) is 0 Å². The van der Waals surface area contributed by atoms with Crippen molar-refractivity contribution in [1.82, 2.24) is 5.32 Å². The van der Waals surface area contributed by atoms with Gasteiger partial charge in [-0.2, -0.15) is 0 Å². The van der Waals surface area contributed by atoms with Crippen LogP contribution < -0.4 is 11.1 Å². The Morgan fingerprint density at radius 2 is 2.11 bits per heavy atom. The van der Waals surface area contributed by atoms with Crippen LogP contribution in [0.1, 0.15) is 24.8 Å². The highest BCUT2D eigenvalue weighted by Gasteiger charge is 2.16. The summed E-state index contributed by atoms with van der Waals surface area (Å²) in [6.45, 7) is 0.742. The molecule has 0 bridgehead atoms. The predicted molar refractivity (Wildman–Crippen MR) is 77.6 cm³/mol. The fourth-order valence-corrected chi connectivity index (χ4v) is 2.38. The highest BCUT2D eigenvalue weighted by atomic mass is 16.2. The van der Waals surface area contributed by atoms with Crippen molar-refractivity contribution in [2.45, 2.75) is 31.7 Å². The highest BCUT2D eigenvalue weighted by molar-refractivity contribution is 5.81. The second-order valence-corrected chi connectivity index (χ2v) is 5.19. The fraction of sp³-hybridized carbons (Fsp3) is 0.438. The summed E-state index contributed by atoms with van der Waals surface area (Å²) in [5.41, 5.74) is 7.04. The number of rotatable bonds is 5. The van der Waals surface area contributed by atoms with Gasteiger partial charge in [-0.1, -0.05) is 42.5 Å². The van der Waals surface area contributed by atoms with E-state index in [9.17, 15) is 4.79 Å². The summed E-state index contributed by atoms with van der Waals surface area (Å²) in [5, 5.41) is 2.97. The van der Waals surface area contributed by atoms with E-state index in [2.05, 4.69) is 17.5 Å². The van der Waals surface area contributed by atoms with E-state index in [4.69, 9.17) is 5.73 Å². The number of benzene rings is 1. The summed E-state index contributed by atoms with van der Waals surface area (Å²) >= 11 is 0. The van der Waals surface area contributed by atoms with Gasteiger partial charge in [0.25, 0.3) is 0 Å². The van der Waals surface area contributed by atoms with Gasteiger partial charge in [-0.25, -0.2) is 0 Å². The van der Waals surface area contributed by atoms with Crippen LogP contribution >= 0.6 is 0 Å². The molecule has 102 valence electrons. The van der Waals surface area contributed by atoms with Crippen molar-refractivity contribution in [3.63, 3.8) is 0 Å². The zero-order valence-corrected chi connectivity index (χ0v) is 11.2. The van der Waals surface area contributed by atoms with E-state index < -0.39 is 6.04 Å². The molecule has 1 aromatic carbocycles. The Labute approximate surface area is 114 Å². The second kappa shape index (κ2) is 7.10. The molecule has 3 nitrogen and oxygen atoms in total. The molecule has 0 aliphatic heterocycles. The lowest BCUT2D eigenvalue weighted by molar-refractivity contribution is -0.122. The number of hydrogen-bond acceptors (Lipinski definition) is 2. The van der Waals surface area contributed by atoms with E-state index in [0.717, 1.165) is 31.4 Å². The van der Waals surface area contributed by atoms with Crippen molar-refractivity contribution in [2.75, 3.05) is 6.54 Å². The van der Waals surface area contributed by atoms with E-state index in [1.807, 2.05) is 30.3 Å². The number of hydrogen-bond donors (Lipinski definition) is 2. The molecule has 1 aromatic rings. The monoisotopic (exact) mass is 258 g/mol. The Morgan fingerprint density at radius 3 is 2.79 bits per heavy atom. The first-order valence-electron chi connectivity index (χ1n) is 6.98. The average molecular weight is 258 g/mol. The number of nitrogens with two attached hydrogens (primary N) is 1. The van der Waals surface area contributed by atoms with Crippen LogP contribution in [-0.4, -0.2) is 18.5 Å². The smallest absolute Gasteiger partial charge is 0.237 e. The molecule has 2 atom stereocenters. The topological polar surface area (TPSA) is 55.1 Å². The maximum atomic E-state index is 11.9. The second-order valence-electron chi connectivity index (χ2n) is 5.19.